The van der Waals surface area contributed by atoms with E-state index in [9.17, 15) is 13.2 Å². The second-order valence-electron chi connectivity index (χ2n) is 5.42. The molecule has 0 radical (unpaired) electrons. The minimum absolute atomic E-state index is 0.0474. The summed E-state index contributed by atoms with van der Waals surface area (Å²) in [7, 11) is -3.81. The lowest BCUT2D eigenvalue weighted by Gasteiger charge is -2.16. The Balaban J connectivity index is 2.02. The van der Waals surface area contributed by atoms with Crippen LogP contribution >= 0.6 is 22.9 Å². The molecule has 0 saturated heterocycles. The van der Waals surface area contributed by atoms with Gasteiger partial charge in [-0.2, -0.15) is 0 Å². The Morgan fingerprint density at radius 3 is 2.72 bits per heavy atom. The van der Waals surface area contributed by atoms with Crippen LogP contribution in [0, 0.1) is 0 Å². The number of benzene rings is 1. The van der Waals surface area contributed by atoms with Gasteiger partial charge in [-0.1, -0.05) is 24.2 Å². The van der Waals surface area contributed by atoms with Crippen molar-refractivity contribution in [3.05, 3.63) is 58.3 Å². The summed E-state index contributed by atoms with van der Waals surface area (Å²) in [5, 5.41) is 7.80. The van der Waals surface area contributed by atoms with Crippen molar-refractivity contribution < 1.29 is 18.1 Å². The summed E-state index contributed by atoms with van der Waals surface area (Å²) in [6.45, 7) is 5.19. The highest BCUT2D eigenvalue weighted by Crippen LogP contribution is 2.20. The molecule has 0 aliphatic carbocycles. The molecular weight excluding hydrogens is 382 g/mol. The first-order valence-electron chi connectivity index (χ1n) is 7.39. The van der Waals surface area contributed by atoms with Crippen molar-refractivity contribution >= 4 is 44.6 Å². The summed E-state index contributed by atoms with van der Waals surface area (Å²) in [6.07, 6.45) is 1.75. The highest BCUT2D eigenvalue weighted by atomic mass is 35.5. The molecule has 6 nitrogen and oxygen atoms in total. The third-order valence-electron chi connectivity index (χ3n) is 3.34. The molecule has 0 saturated carbocycles. The Hall–Kier alpha value is -1.71. The fraction of sp³-hybridized carbons (Fsp3) is 0.188. The molecule has 0 aliphatic rings. The van der Waals surface area contributed by atoms with E-state index in [-0.39, 0.29) is 17.3 Å². The van der Waals surface area contributed by atoms with E-state index in [4.69, 9.17) is 16.7 Å². The molecule has 1 aromatic heterocycles. The molecule has 1 atom stereocenters. The minimum atomic E-state index is -3.81. The van der Waals surface area contributed by atoms with Crippen molar-refractivity contribution in [3.8, 4) is 0 Å². The monoisotopic (exact) mass is 400 g/mol. The number of hydrogen-bond acceptors (Lipinski definition) is 4. The molecule has 2 rings (SSSR count). The lowest BCUT2D eigenvalue weighted by Crippen LogP contribution is -3.11. The molecule has 0 spiro atoms. The van der Waals surface area contributed by atoms with Crippen molar-refractivity contribution in [3.63, 3.8) is 0 Å². The number of nitrogens with two attached hydrogens (primary N) is 1. The molecule has 25 heavy (non-hydrogen) atoms. The highest BCUT2D eigenvalue weighted by molar-refractivity contribution is 7.89. The normalized spacial score (nSPS) is 12.6. The van der Waals surface area contributed by atoms with Gasteiger partial charge in [-0.05, 0) is 36.4 Å². The van der Waals surface area contributed by atoms with Gasteiger partial charge in [0.1, 0.15) is 6.54 Å². The maximum atomic E-state index is 12.3. The third-order valence-corrected chi connectivity index (χ3v) is 5.49. The SMILES string of the molecule is C=CC[NH+](CC(=O)Nc1cccc(S(N)(=O)=O)c1)Cc1ccc(Cl)s1. The van der Waals surface area contributed by atoms with E-state index >= 15 is 0 Å². The van der Waals surface area contributed by atoms with Crippen LogP contribution in [0.4, 0.5) is 5.69 Å². The number of amides is 1. The summed E-state index contributed by atoms with van der Waals surface area (Å²) in [6, 6.07) is 9.60. The van der Waals surface area contributed by atoms with Crippen molar-refractivity contribution in [2.24, 2.45) is 5.14 Å². The van der Waals surface area contributed by atoms with E-state index in [2.05, 4.69) is 11.9 Å². The largest absolute Gasteiger partial charge is 0.321 e. The number of halogens is 1. The minimum Gasteiger partial charge on any atom is -0.321 e. The molecule has 1 amide bonds. The number of quaternary nitrogens is 1. The van der Waals surface area contributed by atoms with Crippen LogP contribution in [-0.4, -0.2) is 27.4 Å². The number of thiophene rings is 1. The Labute approximate surface area is 156 Å². The molecule has 0 bridgehead atoms. The van der Waals surface area contributed by atoms with Crippen molar-refractivity contribution in [2.75, 3.05) is 18.4 Å². The summed E-state index contributed by atoms with van der Waals surface area (Å²) in [5.41, 5.74) is 0.383. The number of primary sulfonamides is 1. The standard InChI is InChI=1S/C16H18ClN3O3S2/c1-2-8-20(10-13-6-7-15(17)24-13)11-16(21)19-12-4-3-5-14(9-12)25(18,22)23/h2-7,9H,1,8,10-11H2,(H,19,21)(H2,18,22,23)/p+1. The number of anilines is 1. The molecule has 1 heterocycles. The van der Waals surface area contributed by atoms with Crippen LogP contribution in [-0.2, 0) is 21.4 Å². The summed E-state index contributed by atoms with van der Waals surface area (Å²) >= 11 is 7.41. The zero-order chi connectivity index (χ0) is 18.4. The van der Waals surface area contributed by atoms with Gasteiger partial charge in [-0.25, -0.2) is 13.6 Å². The van der Waals surface area contributed by atoms with Gasteiger partial charge in [-0.3, -0.25) is 4.79 Å². The first-order valence-corrected chi connectivity index (χ1v) is 10.1. The predicted octanol–water partition coefficient (Wildman–Crippen LogP) is 1.26. The summed E-state index contributed by atoms with van der Waals surface area (Å²) in [4.78, 5) is 14.3. The van der Waals surface area contributed by atoms with Crippen LogP contribution in [0.3, 0.4) is 0 Å². The fourth-order valence-corrected chi connectivity index (χ4v) is 4.01. The maximum Gasteiger partial charge on any atom is 0.279 e. The van der Waals surface area contributed by atoms with Gasteiger partial charge in [0.25, 0.3) is 5.91 Å². The van der Waals surface area contributed by atoms with Crippen LogP contribution in [0.2, 0.25) is 4.34 Å². The van der Waals surface area contributed by atoms with Gasteiger partial charge in [-0.15, -0.1) is 11.3 Å². The van der Waals surface area contributed by atoms with Gasteiger partial charge in [0, 0.05) is 5.69 Å². The average molecular weight is 401 g/mol. The van der Waals surface area contributed by atoms with Gasteiger partial charge in [0.2, 0.25) is 10.0 Å². The van der Waals surface area contributed by atoms with Gasteiger partial charge in [0.05, 0.1) is 20.7 Å². The van der Waals surface area contributed by atoms with E-state index in [1.165, 1.54) is 29.5 Å². The van der Waals surface area contributed by atoms with Crippen LogP contribution in [0.1, 0.15) is 4.88 Å². The number of sulfonamides is 1. The van der Waals surface area contributed by atoms with Crippen LogP contribution < -0.4 is 15.4 Å². The van der Waals surface area contributed by atoms with Crippen molar-refractivity contribution in [1.82, 2.24) is 0 Å². The number of carbonyl (C=O) groups is 1. The second-order valence-corrected chi connectivity index (χ2v) is 8.78. The lowest BCUT2D eigenvalue weighted by atomic mass is 10.3. The Kier molecular flexibility index (Phi) is 6.74. The van der Waals surface area contributed by atoms with Crippen LogP contribution in [0.5, 0.6) is 0 Å². The van der Waals surface area contributed by atoms with Crippen LogP contribution in [0.25, 0.3) is 0 Å². The molecule has 134 valence electrons. The average Bonchev–Trinajstić information content (AvgIpc) is 2.92. The summed E-state index contributed by atoms with van der Waals surface area (Å²) < 4.78 is 23.5. The molecular formula is C16H19ClN3O3S2+. The number of nitrogens with one attached hydrogen (secondary N) is 2. The van der Waals surface area contributed by atoms with Crippen molar-refractivity contribution in [2.45, 2.75) is 11.4 Å². The van der Waals surface area contributed by atoms with E-state index in [1.807, 2.05) is 12.1 Å². The molecule has 4 N–H and O–H groups in total. The highest BCUT2D eigenvalue weighted by Gasteiger charge is 2.16. The van der Waals surface area contributed by atoms with E-state index in [0.29, 0.717) is 23.1 Å². The number of carbonyl (C=O) groups excluding carboxylic acids is 1. The number of hydrogen-bond donors (Lipinski definition) is 3. The van der Waals surface area contributed by atoms with Crippen molar-refractivity contribution in [1.29, 1.82) is 0 Å². The molecule has 0 aliphatic heterocycles. The van der Waals surface area contributed by atoms with Gasteiger partial charge >= 0.3 is 0 Å². The topological polar surface area (TPSA) is 93.7 Å². The van der Waals surface area contributed by atoms with E-state index in [1.54, 1.807) is 12.1 Å². The quantitative estimate of drug-likeness (QED) is 0.582. The molecule has 1 unspecified atom stereocenters. The molecule has 1 aromatic carbocycles. The first-order chi connectivity index (χ1) is 11.8. The van der Waals surface area contributed by atoms with Gasteiger partial charge < -0.3 is 10.2 Å². The molecule has 0 fully saturated rings. The Morgan fingerprint density at radius 2 is 2.12 bits per heavy atom. The zero-order valence-corrected chi connectivity index (χ0v) is 15.8. The van der Waals surface area contributed by atoms with Crippen LogP contribution in [0.15, 0.2) is 53.9 Å². The lowest BCUT2D eigenvalue weighted by molar-refractivity contribution is -0.899. The summed E-state index contributed by atoms with van der Waals surface area (Å²) in [5.74, 6) is -0.230. The predicted molar refractivity (Wildman–Crippen MR) is 100 cm³/mol. The fourth-order valence-electron chi connectivity index (χ4n) is 2.29. The molecule has 9 heteroatoms. The van der Waals surface area contributed by atoms with Gasteiger partial charge in [0.15, 0.2) is 6.54 Å². The van der Waals surface area contributed by atoms with E-state index < -0.39 is 10.0 Å². The zero-order valence-electron chi connectivity index (χ0n) is 13.4. The maximum absolute atomic E-state index is 12.3. The Morgan fingerprint density at radius 1 is 1.36 bits per heavy atom. The third kappa shape index (κ3) is 6.26. The number of rotatable bonds is 8. The van der Waals surface area contributed by atoms with E-state index in [0.717, 1.165) is 9.78 Å². The smallest absolute Gasteiger partial charge is 0.279 e. The molecule has 2 aromatic rings. The first kappa shape index (κ1) is 19.6. The Bertz CT molecular complexity index is 865. The second kappa shape index (κ2) is 8.59.